The van der Waals surface area contributed by atoms with Crippen molar-refractivity contribution in [2.45, 2.75) is 6.54 Å². The van der Waals surface area contributed by atoms with Gasteiger partial charge in [-0.2, -0.15) is 15.0 Å². The smallest absolute Gasteiger partial charge is 0.231 e. The molecular weight excluding hydrogens is 273 g/mol. The zero-order chi connectivity index (χ0) is 13.1. The SMILES string of the molecule is CN(Cc1ccc(Cl)cc1)c1nc(N)nc(Cl)n1. The zero-order valence-corrected chi connectivity index (χ0v) is 11.2. The maximum atomic E-state index is 5.83. The molecule has 0 aliphatic carbocycles. The summed E-state index contributed by atoms with van der Waals surface area (Å²) in [6.07, 6.45) is 0. The Hall–Kier alpha value is -1.59. The molecule has 0 radical (unpaired) electrons. The fourth-order valence-corrected chi connectivity index (χ4v) is 1.75. The summed E-state index contributed by atoms with van der Waals surface area (Å²) in [7, 11) is 1.85. The van der Waals surface area contributed by atoms with Crippen LogP contribution in [0.1, 0.15) is 5.56 Å². The summed E-state index contributed by atoms with van der Waals surface area (Å²) in [4.78, 5) is 13.6. The van der Waals surface area contributed by atoms with Gasteiger partial charge in [0, 0.05) is 18.6 Å². The molecule has 2 N–H and O–H groups in total. The molecule has 0 aliphatic heterocycles. The van der Waals surface area contributed by atoms with Gasteiger partial charge in [-0.05, 0) is 29.3 Å². The van der Waals surface area contributed by atoms with E-state index in [1.165, 1.54) is 0 Å². The molecule has 0 atom stereocenters. The molecule has 2 aromatic rings. The molecule has 1 aromatic heterocycles. The molecule has 0 saturated carbocycles. The van der Waals surface area contributed by atoms with E-state index in [1.807, 2.05) is 36.2 Å². The van der Waals surface area contributed by atoms with Crippen molar-refractivity contribution in [3.8, 4) is 0 Å². The van der Waals surface area contributed by atoms with Crippen LogP contribution in [0.4, 0.5) is 11.9 Å². The Bertz CT molecular complexity index is 523. The maximum Gasteiger partial charge on any atom is 0.231 e. The molecule has 2 rings (SSSR count). The molecule has 0 spiro atoms. The van der Waals surface area contributed by atoms with Crippen molar-refractivity contribution >= 4 is 35.1 Å². The highest BCUT2D eigenvalue weighted by Gasteiger charge is 2.08. The van der Waals surface area contributed by atoms with Gasteiger partial charge >= 0.3 is 0 Å². The first-order chi connectivity index (χ1) is 8.54. The molecular formula is C11H11Cl2N5. The number of aromatic nitrogens is 3. The van der Waals surface area contributed by atoms with Gasteiger partial charge in [-0.25, -0.2) is 0 Å². The molecule has 0 unspecified atom stereocenters. The standard InChI is InChI=1S/C11H11Cl2N5/c1-18(6-7-2-4-8(12)5-3-7)11-16-9(13)15-10(14)17-11/h2-5H,6H2,1H3,(H2,14,15,16,17). The summed E-state index contributed by atoms with van der Waals surface area (Å²) in [5.41, 5.74) is 6.60. The van der Waals surface area contributed by atoms with E-state index in [0.717, 1.165) is 5.56 Å². The lowest BCUT2D eigenvalue weighted by Crippen LogP contribution is -2.20. The first kappa shape index (κ1) is 12.9. The average molecular weight is 284 g/mol. The Morgan fingerprint density at radius 1 is 1.11 bits per heavy atom. The van der Waals surface area contributed by atoms with E-state index in [4.69, 9.17) is 28.9 Å². The fraction of sp³-hybridized carbons (Fsp3) is 0.182. The van der Waals surface area contributed by atoms with Crippen LogP contribution in [-0.2, 0) is 6.54 Å². The molecule has 1 aromatic carbocycles. The number of nitrogen functional groups attached to an aromatic ring is 1. The predicted octanol–water partition coefficient (Wildman–Crippen LogP) is 2.40. The lowest BCUT2D eigenvalue weighted by atomic mass is 10.2. The van der Waals surface area contributed by atoms with Gasteiger partial charge in [0.25, 0.3) is 0 Å². The largest absolute Gasteiger partial charge is 0.368 e. The van der Waals surface area contributed by atoms with Gasteiger partial charge in [0.1, 0.15) is 0 Å². The number of hydrogen-bond acceptors (Lipinski definition) is 5. The van der Waals surface area contributed by atoms with Crippen LogP contribution < -0.4 is 10.6 Å². The molecule has 0 saturated heterocycles. The lowest BCUT2D eigenvalue weighted by molar-refractivity contribution is 0.856. The van der Waals surface area contributed by atoms with E-state index < -0.39 is 0 Å². The number of benzene rings is 1. The van der Waals surface area contributed by atoms with Gasteiger partial charge in [-0.1, -0.05) is 23.7 Å². The van der Waals surface area contributed by atoms with Gasteiger partial charge < -0.3 is 10.6 Å². The fourth-order valence-electron chi connectivity index (χ4n) is 1.46. The Labute approximate surface area is 115 Å². The molecule has 1 heterocycles. The predicted molar refractivity (Wildman–Crippen MR) is 72.8 cm³/mol. The average Bonchev–Trinajstić information content (AvgIpc) is 2.31. The van der Waals surface area contributed by atoms with Crippen LogP contribution in [0.3, 0.4) is 0 Å². The highest BCUT2D eigenvalue weighted by Crippen LogP contribution is 2.15. The van der Waals surface area contributed by atoms with E-state index in [-0.39, 0.29) is 11.2 Å². The zero-order valence-electron chi connectivity index (χ0n) is 9.64. The number of hydrogen-bond donors (Lipinski definition) is 1. The Morgan fingerprint density at radius 2 is 1.78 bits per heavy atom. The molecule has 0 bridgehead atoms. The number of nitrogens with zero attached hydrogens (tertiary/aromatic N) is 4. The molecule has 18 heavy (non-hydrogen) atoms. The number of anilines is 2. The summed E-state index contributed by atoms with van der Waals surface area (Å²) >= 11 is 11.6. The molecule has 0 fully saturated rings. The van der Waals surface area contributed by atoms with Crippen LogP contribution >= 0.6 is 23.2 Å². The van der Waals surface area contributed by atoms with Gasteiger partial charge in [0.05, 0.1) is 0 Å². The van der Waals surface area contributed by atoms with E-state index in [0.29, 0.717) is 17.5 Å². The van der Waals surface area contributed by atoms with Gasteiger partial charge in [0.15, 0.2) is 0 Å². The summed E-state index contributed by atoms with van der Waals surface area (Å²) in [6, 6.07) is 7.54. The number of rotatable bonds is 3. The summed E-state index contributed by atoms with van der Waals surface area (Å²) in [5, 5.41) is 0.786. The summed E-state index contributed by atoms with van der Waals surface area (Å²) < 4.78 is 0. The van der Waals surface area contributed by atoms with Crippen molar-refractivity contribution in [1.82, 2.24) is 15.0 Å². The van der Waals surface area contributed by atoms with Crippen LogP contribution in [0.2, 0.25) is 10.3 Å². The van der Waals surface area contributed by atoms with Crippen LogP contribution in [0.25, 0.3) is 0 Å². The van der Waals surface area contributed by atoms with Crippen molar-refractivity contribution in [2.75, 3.05) is 17.7 Å². The van der Waals surface area contributed by atoms with E-state index in [2.05, 4.69) is 15.0 Å². The first-order valence-electron chi connectivity index (χ1n) is 5.17. The highest BCUT2D eigenvalue weighted by molar-refractivity contribution is 6.30. The molecule has 94 valence electrons. The van der Waals surface area contributed by atoms with Crippen LogP contribution in [0.5, 0.6) is 0 Å². The second kappa shape index (κ2) is 5.37. The third-order valence-electron chi connectivity index (χ3n) is 2.29. The van der Waals surface area contributed by atoms with Crippen molar-refractivity contribution in [3.05, 3.63) is 40.1 Å². The Kier molecular flexibility index (Phi) is 3.84. The molecule has 0 aliphatic rings. The Morgan fingerprint density at radius 3 is 2.39 bits per heavy atom. The van der Waals surface area contributed by atoms with Gasteiger partial charge in [-0.3, -0.25) is 0 Å². The maximum absolute atomic E-state index is 5.83. The quantitative estimate of drug-likeness (QED) is 0.937. The van der Waals surface area contributed by atoms with Gasteiger partial charge in [0.2, 0.25) is 17.2 Å². The Balaban J connectivity index is 2.16. The van der Waals surface area contributed by atoms with E-state index >= 15 is 0 Å². The van der Waals surface area contributed by atoms with Crippen molar-refractivity contribution in [1.29, 1.82) is 0 Å². The second-order valence-electron chi connectivity index (χ2n) is 3.75. The second-order valence-corrected chi connectivity index (χ2v) is 4.52. The third kappa shape index (κ3) is 3.21. The van der Waals surface area contributed by atoms with E-state index in [9.17, 15) is 0 Å². The number of halogens is 2. The van der Waals surface area contributed by atoms with Crippen LogP contribution in [0.15, 0.2) is 24.3 Å². The first-order valence-corrected chi connectivity index (χ1v) is 5.93. The minimum atomic E-state index is 0.0838. The van der Waals surface area contributed by atoms with E-state index in [1.54, 1.807) is 0 Å². The monoisotopic (exact) mass is 283 g/mol. The van der Waals surface area contributed by atoms with Crippen molar-refractivity contribution in [2.24, 2.45) is 0 Å². The van der Waals surface area contributed by atoms with Crippen LogP contribution in [-0.4, -0.2) is 22.0 Å². The minimum absolute atomic E-state index is 0.0838. The number of nitrogens with two attached hydrogens (primary N) is 1. The van der Waals surface area contributed by atoms with Crippen molar-refractivity contribution < 1.29 is 0 Å². The van der Waals surface area contributed by atoms with Gasteiger partial charge in [-0.15, -0.1) is 0 Å². The minimum Gasteiger partial charge on any atom is -0.368 e. The summed E-state index contributed by atoms with van der Waals surface area (Å²) in [5.74, 6) is 0.537. The summed E-state index contributed by atoms with van der Waals surface area (Å²) in [6.45, 7) is 0.622. The lowest BCUT2D eigenvalue weighted by Gasteiger charge is -2.17. The molecule has 5 nitrogen and oxygen atoms in total. The molecule has 0 amide bonds. The highest BCUT2D eigenvalue weighted by atomic mass is 35.5. The third-order valence-corrected chi connectivity index (χ3v) is 2.71. The van der Waals surface area contributed by atoms with Crippen molar-refractivity contribution in [3.63, 3.8) is 0 Å². The molecule has 7 heteroatoms. The normalized spacial score (nSPS) is 10.4. The van der Waals surface area contributed by atoms with Crippen LogP contribution in [0, 0.1) is 0 Å². The topological polar surface area (TPSA) is 67.9 Å².